The van der Waals surface area contributed by atoms with Gasteiger partial charge in [-0.15, -0.1) is 0 Å². The lowest BCUT2D eigenvalue weighted by Gasteiger charge is -2.27. The highest BCUT2D eigenvalue weighted by Crippen LogP contribution is 2.32. The van der Waals surface area contributed by atoms with Gasteiger partial charge in [-0.3, -0.25) is 0 Å². The number of nitrogens with zero attached hydrogens (tertiary/aromatic N) is 4. The number of aliphatic hydroxyl groups is 1. The molecule has 0 radical (unpaired) electrons. The summed E-state index contributed by atoms with van der Waals surface area (Å²) in [5.41, 5.74) is 16.2. The third-order valence-electron chi connectivity index (χ3n) is 3.14. The number of azide groups is 1. The minimum absolute atomic E-state index is 0.0319. The predicted molar refractivity (Wildman–Crippen MR) is 65.2 cm³/mol. The summed E-state index contributed by atoms with van der Waals surface area (Å²) in [6, 6.07) is 4.72. The van der Waals surface area contributed by atoms with Crippen LogP contribution in [0.1, 0.15) is 29.2 Å². The van der Waals surface area contributed by atoms with Crippen molar-refractivity contribution >= 4 is 5.84 Å². The van der Waals surface area contributed by atoms with Crippen LogP contribution < -0.4 is 5.73 Å². The highest BCUT2D eigenvalue weighted by Gasteiger charge is 2.27. The van der Waals surface area contributed by atoms with Crippen LogP contribution in [0.5, 0.6) is 0 Å². The van der Waals surface area contributed by atoms with E-state index in [0.717, 1.165) is 11.1 Å². The second-order valence-corrected chi connectivity index (χ2v) is 4.15. The Morgan fingerprint density at radius 2 is 2.28 bits per heavy atom. The SMILES string of the molecule is [N-]=[N+]=N[C@H]1CCc2cc(C(N)=NO)ccc2[C@@H]1O. The summed E-state index contributed by atoms with van der Waals surface area (Å²) in [6.45, 7) is 0. The molecular formula is C11H13N5O2. The van der Waals surface area contributed by atoms with Gasteiger partial charge in [0.25, 0.3) is 0 Å². The van der Waals surface area contributed by atoms with E-state index < -0.39 is 12.1 Å². The summed E-state index contributed by atoms with van der Waals surface area (Å²) in [4.78, 5) is 2.73. The quantitative estimate of drug-likeness (QED) is 0.139. The van der Waals surface area contributed by atoms with Gasteiger partial charge in [0.15, 0.2) is 5.84 Å². The number of amidine groups is 1. The van der Waals surface area contributed by atoms with Gasteiger partial charge in [0.2, 0.25) is 0 Å². The summed E-state index contributed by atoms with van der Waals surface area (Å²) < 4.78 is 0. The van der Waals surface area contributed by atoms with Gasteiger partial charge in [-0.25, -0.2) is 0 Å². The van der Waals surface area contributed by atoms with Gasteiger partial charge < -0.3 is 16.0 Å². The van der Waals surface area contributed by atoms with Crippen LogP contribution in [0.3, 0.4) is 0 Å². The molecule has 4 N–H and O–H groups in total. The number of benzene rings is 1. The Morgan fingerprint density at radius 1 is 1.50 bits per heavy atom. The first-order valence-electron chi connectivity index (χ1n) is 5.50. The molecule has 7 heteroatoms. The van der Waals surface area contributed by atoms with Crippen LogP contribution in [0.4, 0.5) is 0 Å². The molecule has 2 atom stereocenters. The molecule has 0 spiro atoms. The smallest absolute Gasteiger partial charge is 0.170 e. The van der Waals surface area contributed by atoms with Gasteiger partial charge in [0, 0.05) is 10.5 Å². The van der Waals surface area contributed by atoms with Crippen molar-refractivity contribution in [3.8, 4) is 0 Å². The molecular weight excluding hydrogens is 234 g/mol. The van der Waals surface area contributed by atoms with Crippen molar-refractivity contribution in [1.29, 1.82) is 0 Å². The molecule has 0 heterocycles. The molecule has 18 heavy (non-hydrogen) atoms. The van der Waals surface area contributed by atoms with Crippen molar-refractivity contribution in [1.82, 2.24) is 0 Å². The summed E-state index contributed by atoms with van der Waals surface area (Å²) in [6.07, 6.45) is 0.464. The van der Waals surface area contributed by atoms with Gasteiger partial charge in [-0.05, 0) is 35.6 Å². The molecule has 94 valence electrons. The molecule has 2 rings (SSSR count). The van der Waals surface area contributed by atoms with Gasteiger partial charge in [0.1, 0.15) is 0 Å². The predicted octanol–water partition coefficient (Wildman–Crippen LogP) is 1.44. The fourth-order valence-electron chi connectivity index (χ4n) is 2.18. The fourth-order valence-corrected chi connectivity index (χ4v) is 2.18. The van der Waals surface area contributed by atoms with E-state index >= 15 is 0 Å². The molecule has 0 saturated carbocycles. The molecule has 1 aromatic rings. The third kappa shape index (κ3) is 2.09. The summed E-state index contributed by atoms with van der Waals surface area (Å²) in [7, 11) is 0. The van der Waals surface area contributed by atoms with Crippen molar-refractivity contribution in [2.75, 3.05) is 0 Å². The highest BCUT2D eigenvalue weighted by atomic mass is 16.4. The maximum absolute atomic E-state index is 10.1. The van der Waals surface area contributed by atoms with E-state index in [1.807, 2.05) is 0 Å². The Kier molecular flexibility index (Phi) is 3.36. The minimum Gasteiger partial charge on any atom is -0.409 e. The fraction of sp³-hybridized carbons (Fsp3) is 0.364. The van der Waals surface area contributed by atoms with E-state index in [0.29, 0.717) is 18.4 Å². The van der Waals surface area contributed by atoms with Gasteiger partial charge in [0.05, 0.1) is 12.1 Å². The number of aliphatic hydroxyl groups excluding tert-OH is 1. The normalized spacial score (nSPS) is 23.1. The van der Waals surface area contributed by atoms with Crippen LogP contribution in [0.2, 0.25) is 0 Å². The van der Waals surface area contributed by atoms with E-state index in [9.17, 15) is 5.11 Å². The van der Waals surface area contributed by atoms with Crippen LogP contribution in [-0.2, 0) is 6.42 Å². The molecule has 1 aliphatic carbocycles. The first kappa shape index (κ1) is 12.2. The summed E-state index contributed by atoms with van der Waals surface area (Å²) >= 11 is 0. The Balaban J connectivity index is 2.37. The first-order valence-corrected chi connectivity index (χ1v) is 5.50. The third-order valence-corrected chi connectivity index (χ3v) is 3.14. The van der Waals surface area contributed by atoms with Crippen LogP contribution in [0.15, 0.2) is 28.5 Å². The largest absolute Gasteiger partial charge is 0.409 e. The number of oxime groups is 1. The maximum atomic E-state index is 10.1. The molecule has 0 fully saturated rings. The molecule has 0 aliphatic heterocycles. The Hall–Kier alpha value is -2.24. The average molecular weight is 247 g/mol. The van der Waals surface area contributed by atoms with E-state index in [1.54, 1.807) is 18.2 Å². The van der Waals surface area contributed by atoms with E-state index in [2.05, 4.69) is 15.2 Å². The van der Waals surface area contributed by atoms with Crippen LogP contribution in [0.25, 0.3) is 10.4 Å². The van der Waals surface area contributed by atoms with Crippen molar-refractivity contribution in [2.24, 2.45) is 16.0 Å². The van der Waals surface area contributed by atoms with Gasteiger partial charge in [-0.1, -0.05) is 22.4 Å². The molecule has 0 bridgehead atoms. The minimum atomic E-state index is -0.800. The zero-order valence-electron chi connectivity index (χ0n) is 9.56. The van der Waals surface area contributed by atoms with E-state index in [-0.39, 0.29) is 5.84 Å². The second kappa shape index (κ2) is 4.95. The molecule has 0 unspecified atom stereocenters. The zero-order valence-corrected chi connectivity index (χ0v) is 9.56. The van der Waals surface area contributed by atoms with Crippen molar-refractivity contribution < 1.29 is 10.3 Å². The number of aryl methyl sites for hydroxylation is 1. The average Bonchev–Trinajstić information content (AvgIpc) is 2.41. The van der Waals surface area contributed by atoms with Crippen molar-refractivity contribution in [3.05, 3.63) is 45.3 Å². The highest BCUT2D eigenvalue weighted by molar-refractivity contribution is 5.97. The molecule has 1 aromatic carbocycles. The number of nitrogens with two attached hydrogens (primary N) is 1. The van der Waals surface area contributed by atoms with Crippen LogP contribution >= 0.6 is 0 Å². The van der Waals surface area contributed by atoms with E-state index in [1.165, 1.54) is 0 Å². The molecule has 1 aliphatic rings. The number of hydrogen-bond acceptors (Lipinski definition) is 4. The first-order chi connectivity index (χ1) is 8.67. The molecule has 0 saturated heterocycles. The lowest BCUT2D eigenvalue weighted by atomic mass is 9.85. The lowest BCUT2D eigenvalue weighted by molar-refractivity contribution is 0.134. The molecule has 0 amide bonds. The van der Waals surface area contributed by atoms with Crippen LogP contribution in [0, 0.1) is 0 Å². The number of fused-ring (bicyclic) bond motifs is 1. The zero-order chi connectivity index (χ0) is 13.1. The van der Waals surface area contributed by atoms with Gasteiger partial charge >= 0.3 is 0 Å². The number of rotatable bonds is 2. The number of hydrogen-bond donors (Lipinski definition) is 3. The molecule has 7 nitrogen and oxygen atoms in total. The van der Waals surface area contributed by atoms with E-state index in [4.69, 9.17) is 16.5 Å². The maximum Gasteiger partial charge on any atom is 0.170 e. The van der Waals surface area contributed by atoms with Gasteiger partial charge in [-0.2, -0.15) is 0 Å². The Labute approximate surface area is 103 Å². The summed E-state index contributed by atoms with van der Waals surface area (Å²) in [5, 5.41) is 25.2. The molecule has 0 aromatic heterocycles. The second-order valence-electron chi connectivity index (χ2n) is 4.15. The Morgan fingerprint density at radius 3 is 2.94 bits per heavy atom. The topological polar surface area (TPSA) is 128 Å². The monoisotopic (exact) mass is 247 g/mol. The van der Waals surface area contributed by atoms with Crippen LogP contribution in [-0.4, -0.2) is 22.2 Å². The van der Waals surface area contributed by atoms with Crippen molar-refractivity contribution in [3.63, 3.8) is 0 Å². The summed E-state index contributed by atoms with van der Waals surface area (Å²) in [5.74, 6) is 0.0319. The van der Waals surface area contributed by atoms with Crippen molar-refractivity contribution in [2.45, 2.75) is 25.0 Å². The Bertz CT molecular complexity index is 536. The standard InChI is InChI=1S/C11H13N5O2/c12-11(15-18)7-1-3-8-6(5-7)2-4-9(10(8)17)14-16-13/h1,3,5,9-10,17-18H,2,4H2,(H2,12,15)/t9-,10-/m0/s1. The lowest BCUT2D eigenvalue weighted by Crippen LogP contribution is -2.24.